The summed E-state index contributed by atoms with van der Waals surface area (Å²) < 4.78 is 0. The van der Waals surface area contributed by atoms with Gasteiger partial charge in [0.05, 0.1) is 0 Å². The second-order valence-electron chi connectivity index (χ2n) is 7.30. The third-order valence-electron chi connectivity index (χ3n) is 5.34. The van der Waals surface area contributed by atoms with Crippen LogP contribution in [0.4, 0.5) is 0 Å². The average Bonchev–Trinajstić information content (AvgIpc) is 2.90. The van der Waals surface area contributed by atoms with E-state index in [1.165, 1.54) is 20.7 Å². The van der Waals surface area contributed by atoms with Gasteiger partial charge in [0.25, 0.3) is 0 Å². The second-order valence-corrected chi connectivity index (χ2v) is 16.8. The minimum absolute atomic E-state index is 1.18. The van der Waals surface area contributed by atoms with E-state index in [0.29, 0.717) is 0 Å². The number of halogens is 2. The Kier molecular flexibility index (Phi) is 8.48. The number of hydrogen-bond acceptors (Lipinski definition) is 0. The maximum atomic E-state index is 6.80. The van der Waals surface area contributed by atoms with Crippen LogP contribution in [0.2, 0.25) is 0 Å². The lowest BCUT2D eigenvalue weighted by molar-refractivity contribution is 1.73. The lowest BCUT2D eigenvalue weighted by atomic mass is 10.4. The maximum absolute atomic E-state index is 6.80. The molecule has 4 rings (SSSR count). The van der Waals surface area contributed by atoms with Crippen molar-refractivity contribution >= 4 is 57.7 Å². The molecule has 0 radical (unpaired) electrons. The Balaban J connectivity index is 0.000000181. The standard InChI is InChI=1S/2C14H13ClSi/c2*1-2-16(15,13-9-5-3-6-10-13)14-11-7-4-8-12-14/h2*2-12H,1H2. The molecule has 0 unspecified atom stereocenters. The van der Waals surface area contributed by atoms with Gasteiger partial charge in [-0.25, -0.2) is 0 Å². The Hall–Kier alpha value is -2.63. The lowest BCUT2D eigenvalue weighted by Crippen LogP contribution is -2.51. The molecule has 0 aliphatic rings. The van der Waals surface area contributed by atoms with Gasteiger partial charge in [0.15, 0.2) is 0 Å². The van der Waals surface area contributed by atoms with Gasteiger partial charge in [-0.15, -0.1) is 35.3 Å². The molecule has 0 spiro atoms. The van der Waals surface area contributed by atoms with Gasteiger partial charge in [0.2, 0.25) is 14.8 Å². The third-order valence-corrected chi connectivity index (χ3v) is 14.7. The molecule has 32 heavy (non-hydrogen) atoms. The summed E-state index contributed by atoms with van der Waals surface area (Å²) in [5.41, 5.74) is 3.83. The first-order valence-electron chi connectivity index (χ1n) is 10.4. The zero-order valence-corrected chi connectivity index (χ0v) is 21.4. The van der Waals surface area contributed by atoms with Crippen molar-refractivity contribution in [3.63, 3.8) is 0 Å². The molecule has 0 atom stereocenters. The monoisotopic (exact) mass is 488 g/mol. The van der Waals surface area contributed by atoms with Crippen LogP contribution in [0.15, 0.2) is 146 Å². The molecular weight excluding hydrogens is 463 g/mol. The van der Waals surface area contributed by atoms with Crippen LogP contribution in [-0.4, -0.2) is 14.8 Å². The van der Waals surface area contributed by atoms with Gasteiger partial charge in [-0.2, -0.15) is 0 Å². The fourth-order valence-electron chi connectivity index (χ4n) is 3.53. The van der Waals surface area contributed by atoms with Gasteiger partial charge in [-0.1, -0.05) is 133 Å². The van der Waals surface area contributed by atoms with E-state index in [-0.39, 0.29) is 0 Å². The number of benzene rings is 4. The summed E-state index contributed by atoms with van der Waals surface area (Å²) in [7, 11) is -4.48. The molecule has 4 aromatic carbocycles. The van der Waals surface area contributed by atoms with Crippen LogP contribution in [0.25, 0.3) is 0 Å². The van der Waals surface area contributed by atoms with E-state index in [0.717, 1.165) is 0 Å². The van der Waals surface area contributed by atoms with E-state index in [9.17, 15) is 0 Å². The molecule has 0 aliphatic carbocycles. The van der Waals surface area contributed by atoms with Crippen LogP contribution in [0.1, 0.15) is 0 Å². The van der Waals surface area contributed by atoms with Gasteiger partial charge >= 0.3 is 0 Å². The van der Waals surface area contributed by atoms with Crippen LogP contribution in [-0.2, 0) is 0 Å². The minimum Gasteiger partial charge on any atom is -0.149 e. The summed E-state index contributed by atoms with van der Waals surface area (Å²) in [6, 6.07) is 40.8. The van der Waals surface area contributed by atoms with Crippen molar-refractivity contribution in [3.05, 3.63) is 146 Å². The van der Waals surface area contributed by atoms with E-state index in [1.807, 2.05) is 84.2 Å². The van der Waals surface area contributed by atoms with E-state index in [4.69, 9.17) is 22.2 Å². The molecule has 0 aromatic heterocycles. The minimum atomic E-state index is -2.24. The van der Waals surface area contributed by atoms with Crippen molar-refractivity contribution in [3.8, 4) is 0 Å². The predicted octanol–water partition coefficient (Wildman–Crippen LogP) is 5.42. The molecule has 0 fully saturated rings. The predicted molar refractivity (Wildman–Crippen MR) is 148 cm³/mol. The molecule has 4 aromatic rings. The summed E-state index contributed by atoms with van der Waals surface area (Å²) in [5, 5.41) is 4.71. The van der Waals surface area contributed by atoms with Gasteiger partial charge in [-0.3, -0.25) is 0 Å². The fourth-order valence-corrected chi connectivity index (χ4v) is 9.36. The highest BCUT2D eigenvalue weighted by Gasteiger charge is 2.32. The third kappa shape index (κ3) is 5.40. The smallest absolute Gasteiger partial charge is 0.149 e. The first-order valence-corrected chi connectivity index (χ1v) is 16.6. The van der Waals surface area contributed by atoms with Crippen LogP contribution in [0.5, 0.6) is 0 Å². The van der Waals surface area contributed by atoms with Crippen LogP contribution < -0.4 is 20.7 Å². The largest absolute Gasteiger partial charge is 0.240 e. The Bertz CT molecular complexity index is 943. The van der Waals surface area contributed by atoms with Gasteiger partial charge in [0, 0.05) is 0 Å². The highest BCUT2D eigenvalue weighted by molar-refractivity contribution is 7.37. The van der Waals surface area contributed by atoms with Gasteiger partial charge in [-0.05, 0) is 20.7 Å². The molecule has 0 saturated heterocycles. The van der Waals surface area contributed by atoms with Crippen LogP contribution in [0, 0.1) is 0 Å². The lowest BCUT2D eigenvalue weighted by Gasteiger charge is -2.21. The Labute approximate surface area is 202 Å². The van der Waals surface area contributed by atoms with Crippen LogP contribution >= 0.6 is 22.2 Å². The van der Waals surface area contributed by atoms with Crippen LogP contribution in [0.3, 0.4) is 0 Å². The van der Waals surface area contributed by atoms with Crippen molar-refractivity contribution in [2.24, 2.45) is 0 Å². The number of hydrogen-bond donors (Lipinski definition) is 0. The second kappa shape index (κ2) is 11.3. The molecule has 4 heteroatoms. The zero-order chi connectivity index (χ0) is 22.9. The summed E-state index contributed by atoms with van der Waals surface area (Å²) in [6.07, 6.45) is 0. The van der Waals surface area contributed by atoms with Crippen molar-refractivity contribution in [2.45, 2.75) is 0 Å². The van der Waals surface area contributed by atoms with Gasteiger partial charge in [0.1, 0.15) is 0 Å². The molecule has 0 aliphatic heterocycles. The van der Waals surface area contributed by atoms with Crippen molar-refractivity contribution in [1.29, 1.82) is 0 Å². The van der Waals surface area contributed by atoms with Gasteiger partial charge < -0.3 is 0 Å². The van der Waals surface area contributed by atoms with E-state index in [1.54, 1.807) is 0 Å². The molecule has 0 bridgehead atoms. The van der Waals surface area contributed by atoms with Crippen molar-refractivity contribution in [1.82, 2.24) is 0 Å². The van der Waals surface area contributed by atoms with E-state index >= 15 is 0 Å². The maximum Gasteiger partial charge on any atom is 0.240 e. The molecule has 0 heterocycles. The quantitative estimate of drug-likeness (QED) is 0.251. The normalized spacial score (nSPS) is 11.1. The molecule has 0 nitrogen and oxygen atoms in total. The summed E-state index contributed by atoms with van der Waals surface area (Å²) in [5.74, 6) is 0. The first kappa shape index (κ1) is 24.0. The SMILES string of the molecule is C=C[Si](Cl)(c1ccccc1)c1ccccc1.C=C[Si](Cl)(c1ccccc1)c1ccccc1. The van der Waals surface area contributed by atoms with Crippen molar-refractivity contribution in [2.75, 3.05) is 0 Å². The summed E-state index contributed by atoms with van der Waals surface area (Å²) >= 11 is 13.6. The number of rotatable bonds is 6. The first-order chi connectivity index (χ1) is 15.5. The highest BCUT2D eigenvalue weighted by Crippen LogP contribution is 2.12. The molecular formula is C28H26Cl2Si2. The fraction of sp³-hybridized carbons (Fsp3) is 0. The molecule has 0 amide bonds. The Morgan fingerprint density at radius 1 is 0.406 bits per heavy atom. The van der Waals surface area contributed by atoms with Crippen molar-refractivity contribution < 1.29 is 0 Å². The molecule has 0 N–H and O–H groups in total. The molecule has 160 valence electrons. The topological polar surface area (TPSA) is 0 Å². The summed E-state index contributed by atoms with van der Waals surface area (Å²) in [4.78, 5) is 0. The summed E-state index contributed by atoms with van der Waals surface area (Å²) in [6.45, 7) is 7.83. The highest BCUT2D eigenvalue weighted by atomic mass is 35.6. The Morgan fingerprint density at radius 3 is 0.750 bits per heavy atom. The van der Waals surface area contributed by atoms with E-state index < -0.39 is 14.8 Å². The molecule has 0 saturated carbocycles. The average molecular weight is 490 g/mol. The zero-order valence-electron chi connectivity index (χ0n) is 17.9. The van der Waals surface area contributed by atoms with E-state index in [2.05, 4.69) is 61.7 Å². The Morgan fingerprint density at radius 2 is 0.594 bits per heavy atom.